The van der Waals surface area contributed by atoms with Gasteiger partial charge in [0.15, 0.2) is 0 Å². The van der Waals surface area contributed by atoms with Crippen LogP contribution < -0.4 is 10.1 Å². The Morgan fingerprint density at radius 2 is 2.00 bits per heavy atom. The molecule has 2 saturated carbocycles. The molecule has 2 aliphatic heterocycles. The minimum atomic E-state index is 0.126. The molecule has 4 aliphatic rings. The second kappa shape index (κ2) is 12.4. The number of hydrogen-bond acceptors (Lipinski definition) is 7. The van der Waals surface area contributed by atoms with E-state index in [1.807, 2.05) is 17.0 Å². The summed E-state index contributed by atoms with van der Waals surface area (Å²) in [6, 6.07) is 10.9. The number of amides is 1. The highest BCUT2D eigenvalue weighted by molar-refractivity contribution is 8.26. The zero-order chi connectivity index (χ0) is 26.8. The lowest BCUT2D eigenvalue weighted by molar-refractivity contribution is -0.124. The Bertz CT molecular complexity index is 1240. The summed E-state index contributed by atoms with van der Waals surface area (Å²) in [5.41, 5.74) is 2.50. The number of thiophene rings is 1. The van der Waals surface area contributed by atoms with E-state index in [1.54, 1.807) is 18.4 Å². The lowest BCUT2D eigenvalue weighted by Gasteiger charge is -2.30. The van der Waals surface area contributed by atoms with Crippen LogP contribution in [0.2, 0.25) is 0 Å². The lowest BCUT2D eigenvalue weighted by atomic mass is 9.94. The molecular weight excluding hydrogens is 543 g/mol. The molecule has 1 amide bonds. The number of thiocarbonyl (C=S) groups is 1. The largest absolute Gasteiger partial charge is 0.497 e. The molecule has 8 heteroatoms. The van der Waals surface area contributed by atoms with Crippen molar-refractivity contribution >= 4 is 51.6 Å². The number of aryl methyl sites for hydroxylation is 1. The summed E-state index contributed by atoms with van der Waals surface area (Å²) in [7, 11) is 1.71. The molecule has 3 atom stereocenters. The van der Waals surface area contributed by atoms with Crippen LogP contribution in [0.3, 0.4) is 0 Å². The Morgan fingerprint density at radius 3 is 2.77 bits per heavy atom. The number of thioether (sulfide) groups is 1. The lowest BCUT2D eigenvalue weighted by Crippen LogP contribution is -2.43. The zero-order valence-electron chi connectivity index (χ0n) is 22.8. The van der Waals surface area contributed by atoms with Crippen LogP contribution in [0.5, 0.6) is 5.75 Å². The fourth-order valence-corrected chi connectivity index (χ4v) is 9.43. The van der Waals surface area contributed by atoms with Gasteiger partial charge >= 0.3 is 0 Å². The van der Waals surface area contributed by atoms with Crippen LogP contribution in [0.1, 0.15) is 55.4 Å². The summed E-state index contributed by atoms with van der Waals surface area (Å²) in [4.78, 5) is 21.4. The van der Waals surface area contributed by atoms with Crippen molar-refractivity contribution in [2.24, 2.45) is 11.8 Å². The third-order valence-corrected chi connectivity index (χ3v) is 11.4. The van der Waals surface area contributed by atoms with Gasteiger partial charge in [-0.25, -0.2) is 0 Å². The summed E-state index contributed by atoms with van der Waals surface area (Å²) < 4.78 is 6.24. The first-order valence-electron chi connectivity index (χ1n) is 14.6. The maximum absolute atomic E-state index is 13.6. The van der Waals surface area contributed by atoms with Crippen molar-refractivity contribution in [3.63, 3.8) is 0 Å². The molecule has 2 aliphatic carbocycles. The molecule has 39 heavy (non-hydrogen) atoms. The predicted octanol–water partition coefficient (Wildman–Crippen LogP) is 6.43. The normalized spacial score (nSPS) is 26.3. The topological polar surface area (TPSA) is 44.8 Å². The quantitative estimate of drug-likeness (QED) is 0.198. The van der Waals surface area contributed by atoms with Gasteiger partial charge in [0.25, 0.3) is 5.91 Å². The summed E-state index contributed by atoms with van der Waals surface area (Å²) in [5.74, 6) is 2.41. The summed E-state index contributed by atoms with van der Waals surface area (Å²) >= 11 is 9.05. The van der Waals surface area contributed by atoms with Crippen LogP contribution in [0.15, 0.2) is 35.2 Å². The molecule has 2 saturated heterocycles. The number of ether oxygens (including phenoxy) is 1. The molecule has 6 rings (SSSR count). The van der Waals surface area contributed by atoms with E-state index in [0.29, 0.717) is 12.0 Å². The number of benzene rings is 1. The molecule has 0 radical (unpaired) electrons. The Hall–Kier alpha value is -1.71. The number of unbranched alkanes of at least 4 members (excludes halogenated alkanes) is 2. The van der Waals surface area contributed by atoms with Gasteiger partial charge in [-0.2, -0.15) is 0 Å². The molecular formula is C31H39N3O2S3. The Labute approximate surface area is 246 Å². The van der Waals surface area contributed by atoms with Gasteiger partial charge in [0.1, 0.15) is 10.1 Å². The molecule has 208 valence electrons. The molecule has 1 N–H and O–H groups in total. The fourth-order valence-electron chi connectivity index (χ4n) is 6.85. The van der Waals surface area contributed by atoms with E-state index in [1.165, 1.54) is 78.8 Å². The Kier molecular flexibility index (Phi) is 8.75. The van der Waals surface area contributed by atoms with Gasteiger partial charge < -0.3 is 15.0 Å². The SMILES string of the molecule is COc1cccc(-c2cc(CCCCCN3CCNCC3)c(/C=C3/SC(=S)N(C4CC5CCC4C5)C3=O)s2)c1. The fraction of sp³-hybridized carbons (Fsp3) is 0.548. The molecule has 3 heterocycles. The van der Waals surface area contributed by atoms with Crippen molar-refractivity contribution in [3.05, 3.63) is 45.7 Å². The third kappa shape index (κ3) is 6.15. The maximum Gasteiger partial charge on any atom is 0.266 e. The van der Waals surface area contributed by atoms with Gasteiger partial charge in [-0.3, -0.25) is 9.69 Å². The number of carbonyl (C=O) groups is 1. The number of rotatable bonds is 10. The van der Waals surface area contributed by atoms with Crippen LogP contribution in [-0.4, -0.2) is 65.9 Å². The number of fused-ring (bicyclic) bond motifs is 2. The van der Waals surface area contributed by atoms with E-state index in [-0.39, 0.29) is 5.91 Å². The van der Waals surface area contributed by atoms with E-state index in [9.17, 15) is 4.79 Å². The van der Waals surface area contributed by atoms with E-state index in [0.717, 1.165) is 58.8 Å². The van der Waals surface area contributed by atoms with Crippen LogP contribution in [0.4, 0.5) is 0 Å². The minimum Gasteiger partial charge on any atom is -0.497 e. The first-order chi connectivity index (χ1) is 19.1. The predicted molar refractivity (Wildman–Crippen MR) is 167 cm³/mol. The highest BCUT2D eigenvalue weighted by Gasteiger charge is 2.48. The standard InChI is InChI=1S/C31H39N3O2S3/c1-36-25-8-5-7-23(18-25)27-19-24(6-3-2-4-13-33-14-11-32-12-15-33)28(38-27)20-29-30(35)34(31(37)39-29)26-17-21-9-10-22(26)16-21/h5,7-8,18-22,26,32H,2-4,6,9-17H2,1H3/b29-20+. The van der Waals surface area contributed by atoms with Crippen LogP contribution >= 0.6 is 35.3 Å². The van der Waals surface area contributed by atoms with Crippen molar-refractivity contribution < 1.29 is 9.53 Å². The van der Waals surface area contributed by atoms with Gasteiger partial charge in [0, 0.05) is 42.0 Å². The Balaban J connectivity index is 1.18. The number of carbonyl (C=O) groups excluding carboxylic acids is 1. The first kappa shape index (κ1) is 27.5. The van der Waals surface area contributed by atoms with Gasteiger partial charge in [-0.15, -0.1) is 11.3 Å². The van der Waals surface area contributed by atoms with Crippen LogP contribution in [0, 0.1) is 11.8 Å². The number of nitrogens with one attached hydrogen (secondary N) is 1. The van der Waals surface area contributed by atoms with Crippen molar-refractivity contribution in [3.8, 4) is 16.2 Å². The van der Waals surface area contributed by atoms with Gasteiger partial charge in [0.05, 0.1) is 12.0 Å². The smallest absolute Gasteiger partial charge is 0.266 e. The molecule has 4 fully saturated rings. The average Bonchev–Trinajstić information content (AvgIpc) is 3.74. The van der Waals surface area contributed by atoms with E-state index in [2.05, 4.69) is 34.5 Å². The number of piperazine rings is 1. The second-order valence-electron chi connectivity index (χ2n) is 11.4. The number of nitrogens with zero attached hydrogens (tertiary/aromatic N) is 2. The number of methoxy groups -OCH3 is 1. The van der Waals surface area contributed by atoms with Gasteiger partial charge in [0.2, 0.25) is 0 Å². The van der Waals surface area contributed by atoms with Crippen molar-refractivity contribution in [2.45, 2.75) is 57.4 Å². The first-order valence-corrected chi connectivity index (χ1v) is 16.6. The van der Waals surface area contributed by atoms with Crippen LogP contribution in [-0.2, 0) is 11.2 Å². The van der Waals surface area contributed by atoms with Gasteiger partial charge in [-0.05, 0) is 92.3 Å². The van der Waals surface area contributed by atoms with Crippen molar-refractivity contribution in [2.75, 3.05) is 39.8 Å². The highest BCUT2D eigenvalue weighted by atomic mass is 32.2. The van der Waals surface area contributed by atoms with Crippen LogP contribution in [0.25, 0.3) is 16.5 Å². The molecule has 2 aromatic rings. The molecule has 1 aromatic heterocycles. The molecule has 3 unspecified atom stereocenters. The van der Waals surface area contributed by atoms with Crippen molar-refractivity contribution in [1.82, 2.24) is 15.1 Å². The highest BCUT2D eigenvalue weighted by Crippen LogP contribution is 2.49. The van der Waals surface area contributed by atoms with E-state index in [4.69, 9.17) is 17.0 Å². The van der Waals surface area contributed by atoms with E-state index >= 15 is 0 Å². The summed E-state index contributed by atoms with van der Waals surface area (Å²) in [5, 5.41) is 3.44. The molecule has 2 bridgehead atoms. The summed E-state index contributed by atoms with van der Waals surface area (Å²) in [6.45, 7) is 5.75. The number of hydrogen-bond donors (Lipinski definition) is 1. The third-order valence-electron chi connectivity index (χ3n) is 8.94. The van der Waals surface area contributed by atoms with Crippen molar-refractivity contribution in [1.29, 1.82) is 0 Å². The monoisotopic (exact) mass is 581 g/mol. The van der Waals surface area contributed by atoms with Gasteiger partial charge in [-0.1, -0.05) is 49.0 Å². The molecule has 1 aromatic carbocycles. The molecule has 5 nitrogen and oxygen atoms in total. The maximum atomic E-state index is 13.6. The van der Waals surface area contributed by atoms with E-state index < -0.39 is 0 Å². The minimum absolute atomic E-state index is 0.126. The summed E-state index contributed by atoms with van der Waals surface area (Å²) in [6.07, 6.45) is 11.8. The molecule has 0 spiro atoms. The zero-order valence-corrected chi connectivity index (χ0v) is 25.3. The second-order valence-corrected chi connectivity index (χ2v) is 14.2. The Morgan fingerprint density at radius 1 is 1.13 bits per heavy atom. The average molecular weight is 582 g/mol.